The maximum absolute atomic E-state index is 5.63. The van der Waals surface area contributed by atoms with Crippen LogP contribution in [0.2, 0.25) is 0 Å². The van der Waals surface area contributed by atoms with Crippen LogP contribution >= 0.6 is 0 Å². The molecule has 4 nitrogen and oxygen atoms in total. The number of rotatable bonds is 3. The van der Waals surface area contributed by atoms with Crippen molar-refractivity contribution in [1.82, 2.24) is 4.98 Å². The lowest BCUT2D eigenvalue weighted by molar-refractivity contribution is 0.263. The Labute approximate surface area is 77.9 Å². The second-order valence-electron chi connectivity index (χ2n) is 3.34. The number of anilines is 2. The second-order valence-corrected chi connectivity index (χ2v) is 3.34. The molecule has 4 N–H and O–H groups in total. The van der Waals surface area contributed by atoms with E-state index in [1.807, 2.05) is 0 Å². The van der Waals surface area contributed by atoms with Crippen molar-refractivity contribution in [3.63, 3.8) is 0 Å². The molecule has 0 fully saturated rings. The molecule has 0 radical (unpaired) electrons. The first-order chi connectivity index (χ1) is 6.09. The third-order valence-electron chi connectivity index (χ3n) is 1.46. The number of hydrogen-bond donors (Lipinski definition) is 2. The van der Waals surface area contributed by atoms with Gasteiger partial charge in [-0.1, -0.05) is 13.8 Å². The molecule has 1 heterocycles. The largest absolute Gasteiger partial charge is 0.476 e. The number of pyridine rings is 1. The molecule has 72 valence electrons. The van der Waals surface area contributed by atoms with Gasteiger partial charge in [-0.05, 0) is 18.1 Å². The van der Waals surface area contributed by atoms with Gasteiger partial charge in [0, 0.05) is 0 Å². The van der Waals surface area contributed by atoms with E-state index < -0.39 is 0 Å². The van der Waals surface area contributed by atoms with E-state index in [0.717, 1.165) is 0 Å². The summed E-state index contributed by atoms with van der Waals surface area (Å²) in [5.74, 6) is 1.30. The topological polar surface area (TPSA) is 74.2 Å². The van der Waals surface area contributed by atoms with Crippen molar-refractivity contribution < 1.29 is 4.74 Å². The van der Waals surface area contributed by atoms with Gasteiger partial charge in [-0.15, -0.1) is 0 Å². The molecule has 0 saturated carbocycles. The highest BCUT2D eigenvalue weighted by Gasteiger charge is 2.03. The van der Waals surface area contributed by atoms with Gasteiger partial charge in [-0.2, -0.15) is 4.98 Å². The number of aromatic nitrogens is 1. The standard InChI is InChI=1S/C9H15N3O/c1-6(2)5-13-9-7(10)3-4-8(11)12-9/h3-4,6H,5,10H2,1-2H3,(H2,11,12). The third kappa shape index (κ3) is 2.82. The Bertz CT molecular complexity index is 286. The third-order valence-corrected chi connectivity index (χ3v) is 1.46. The molecule has 0 aliphatic heterocycles. The van der Waals surface area contributed by atoms with E-state index in [9.17, 15) is 0 Å². The maximum Gasteiger partial charge on any atom is 0.239 e. The SMILES string of the molecule is CC(C)COc1nc(N)ccc1N. The van der Waals surface area contributed by atoms with Gasteiger partial charge < -0.3 is 16.2 Å². The zero-order chi connectivity index (χ0) is 9.84. The highest BCUT2D eigenvalue weighted by molar-refractivity contribution is 5.52. The van der Waals surface area contributed by atoms with Crippen molar-refractivity contribution in [1.29, 1.82) is 0 Å². The molecule has 1 aromatic rings. The predicted molar refractivity (Wildman–Crippen MR) is 53.4 cm³/mol. The van der Waals surface area contributed by atoms with Gasteiger partial charge in [-0.25, -0.2) is 0 Å². The second kappa shape index (κ2) is 3.98. The zero-order valence-corrected chi connectivity index (χ0v) is 7.95. The van der Waals surface area contributed by atoms with Crippen LogP contribution in [0.1, 0.15) is 13.8 Å². The molecular weight excluding hydrogens is 166 g/mol. The summed E-state index contributed by atoms with van der Waals surface area (Å²) in [5, 5.41) is 0. The van der Waals surface area contributed by atoms with E-state index in [1.54, 1.807) is 12.1 Å². The molecular formula is C9H15N3O. The highest BCUT2D eigenvalue weighted by atomic mass is 16.5. The summed E-state index contributed by atoms with van der Waals surface area (Å²) in [4.78, 5) is 3.98. The maximum atomic E-state index is 5.63. The number of nitrogens with two attached hydrogens (primary N) is 2. The van der Waals surface area contributed by atoms with E-state index in [-0.39, 0.29) is 0 Å². The zero-order valence-electron chi connectivity index (χ0n) is 7.95. The summed E-state index contributed by atoms with van der Waals surface area (Å²) < 4.78 is 5.36. The van der Waals surface area contributed by atoms with Crippen LogP contribution in [0.3, 0.4) is 0 Å². The molecule has 0 atom stereocenters. The van der Waals surface area contributed by atoms with Crippen molar-refractivity contribution in [3.8, 4) is 5.88 Å². The molecule has 1 rings (SSSR count). The molecule has 0 aliphatic rings. The minimum Gasteiger partial charge on any atom is -0.476 e. The van der Waals surface area contributed by atoms with Gasteiger partial charge in [0.05, 0.1) is 12.3 Å². The minimum atomic E-state index is 0.424. The van der Waals surface area contributed by atoms with Crippen LogP contribution in [-0.2, 0) is 0 Å². The summed E-state index contributed by atoms with van der Waals surface area (Å²) in [6.07, 6.45) is 0. The number of nitrogens with zero attached hydrogens (tertiary/aromatic N) is 1. The molecule has 0 unspecified atom stereocenters. The molecule has 0 bridgehead atoms. The van der Waals surface area contributed by atoms with Gasteiger partial charge in [0.15, 0.2) is 0 Å². The first kappa shape index (κ1) is 9.64. The highest BCUT2D eigenvalue weighted by Crippen LogP contribution is 2.19. The normalized spacial score (nSPS) is 10.4. The Morgan fingerprint density at radius 1 is 1.38 bits per heavy atom. The van der Waals surface area contributed by atoms with Gasteiger partial charge in [0.25, 0.3) is 0 Å². The molecule has 0 aromatic carbocycles. The number of hydrogen-bond acceptors (Lipinski definition) is 4. The molecule has 13 heavy (non-hydrogen) atoms. The minimum absolute atomic E-state index is 0.424. The first-order valence-corrected chi connectivity index (χ1v) is 4.24. The summed E-state index contributed by atoms with van der Waals surface area (Å²) in [7, 11) is 0. The molecule has 0 saturated heterocycles. The Hall–Kier alpha value is -1.45. The Morgan fingerprint density at radius 2 is 2.08 bits per heavy atom. The summed E-state index contributed by atoms with van der Waals surface area (Å²) in [6, 6.07) is 3.34. The average Bonchev–Trinajstić information content (AvgIpc) is 2.06. The molecule has 1 aromatic heterocycles. The van der Waals surface area contributed by atoms with Gasteiger partial charge in [0.1, 0.15) is 5.82 Å². The van der Waals surface area contributed by atoms with Crippen molar-refractivity contribution >= 4 is 11.5 Å². The number of ether oxygens (including phenoxy) is 1. The van der Waals surface area contributed by atoms with Crippen molar-refractivity contribution in [3.05, 3.63) is 12.1 Å². The van der Waals surface area contributed by atoms with Crippen LogP contribution in [0.5, 0.6) is 5.88 Å². The van der Waals surface area contributed by atoms with E-state index in [0.29, 0.717) is 29.9 Å². The van der Waals surface area contributed by atoms with Crippen LogP contribution < -0.4 is 16.2 Å². The number of nitrogen functional groups attached to an aromatic ring is 2. The van der Waals surface area contributed by atoms with E-state index >= 15 is 0 Å². The van der Waals surface area contributed by atoms with Crippen molar-refractivity contribution in [2.24, 2.45) is 5.92 Å². The fourth-order valence-corrected chi connectivity index (χ4v) is 0.827. The van der Waals surface area contributed by atoms with Crippen molar-refractivity contribution in [2.75, 3.05) is 18.1 Å². The lowest BCUT2D eigenvalue weighted by Crippen LogP contribution is -2.08. The van der Waals surface area contributed by atoms with Gasteiger partial charge >= 0.3 is 0 Å². The van der Waals surface area contributed by atoms with Gasteiger partial charge in [0.2, 0.25) is 5.88 Å². The van der Waals surface area contributed by atoms with Gasteiger partial charge in [-0.3, -0.25) is 0 Å². The first-order valence-electron chi connectivity index (χ1n) is 4.24. The fraction of sp³-hybridized carbons (Fsp3) is 0.444. The van der Waals surface area contributed by atoms with Crippen LogP contribution in [0.25, 0.3) is 0 Å². The molecule has 0 amide bonds. The predicted octanol–water partition coefficient (Wildman–Crippen LogP) is 1.28. The molecule has 0 aliphatic carbocycles. The summed E-state index contributed by atoms with van der Waals surface area (Å²) in [5.41, 5.74) is 11.6. The monoisotopic (exact) mass is 181 g/mol. The Kier molecular flexibility index (Phi) is 2.95. The smallest absolute Gasteiger partial charge is 0.239 e. The summed E-state index contributed by atoms with van der Waals surface area (Å²) in [6.45, 7) is 4.71. The van der Waals surface area contributed by atoms with Crippen molar-refractivity contribution in [2.45, 2.75) is 13.8 Å². The Morgan fingerprint density at radius 3 is 2.69 bits per heavy atom. The summed E-state index contributed by atoms with van der Waals surface area (Å²) >= 11 is 0. The van der Waals surface area contributed by atoms with E-state index in [1.165, 1.54) is 0 Å². The lowest BCUT2D eigenvalue weighted by Gasteiger charge is -2.09. The Balaban J connectivity index is 2.70. The van der Waals surface area contributed by atoms with E-state index in [4.69, 9.17) is 16.2 Å². The fourth-order valence-electron chi connectivity index (χ4n) is 0.827. The van der Waals surface area contributed by atoms with Crippen LogP contribution in [-0.4, -0.2) is 11.6 Å². The van der Waals surface area contributed by atoms with E-state index in [2.05, 4.69) is 18.8 Å². The lowest BCUT2D eigenvalue weighted by atomic mass is 10.2. The van der Waals surface area contributed by atoms with Crippen LogP contribution in [0.15, 0.2) is 12.1 Å². The average molecular weight is 181 g/mol. The van der Waals surface area contributed by atoms with Crippen LogP contribution in [0.4, 0.5) is 11.5 Å². The molecule has 4 heteroatoms. The van der Waals surface area contributed by atoms with Crippen LogP contribution in [0, 0.1) is 5.92 Å². The quantitative estimate of drug-likeness (QED) is 0.736. The molecule has 0 spiro atoms.